The molecule has 3 aliphatic rings. The van der Waals surface area contributed by atoms with Gasteiger partial charge in [-0.3, -0.25) is 4.90 Å². The first-order valence-electron chi connectivity index (χ1n) is 7.96. The molecule has 5 nitrogen and oxygen atoms in total. The summed E-state index contributed by atoms with van der Waals surface area (Å²) >= 11 is 0. The fourth-order valence-corrected chi connectivity index (χ4v) is 3.40. The largest absolute Gasteiger partial charge is 0.367 e. The number of hydrogen-bond acceptors (Lipinski definition) is 5. The quantitative estimate of drug-likeness (QED) is 0.908. The summed E-state index contributed by atoms with van der Waals surface area (Å²) in [4.78, 5) is 13.9. The highest BCUT2D eigenvalue weighted by molar-refractivity contribution is 5.49. The number of rotatable bonds is 3. The molecule has 0 aromatic carbocycles. The second kappa shape index (κ2) is 5.20. The van der Waals surface area contributed by atoms with Crippen molar-refractivity contribution in [2.75, 3.05) is 36.4 Å². The zero-order valence-corrected chi connectivity index (χ0v) is 12.0. The molecule has 1 aromatic rings. The molecule has 0 bridgehead atoms. The highest BCUT2D eigenvalue weighted by atomic mass is 15.3. The van der Waals surface area contributed by atoms with E-state index in [1.807, 2.05) is 0 Å². The first kappa shape index (κ1) is 12.4. The zero-order chi connectivity index (χ0) is 13.4. The van der Waals surface area contributed by atoms with Crippen LogP contribution in [0.4, 0.5) is 11.6 Å². The predicted octanol–water partition coefficient (Wildman–Crippen LogP) is 1.73. The van der Waals surface area contributed by atoms with Gasteiger partial charge in [-0.2, -0.15) is 0 Å². The molecular weight excluding hydrogens is 250 g/mol. The van der Waals surface area contributed by atoms with Gasteiger partial charge >= 0.3 is 0 Å². The van der Waals surface area contributed by atoms with Gasteiger partial charge in [0.05, 0.1) is 0 Å². The Bertz CT molecular complexity index is 473. The number of nitrogens with zero attached hydrogens (tertiary/aromatic N) is 4. The minimum Gasteiger partial charge on any atom is -0.367 e. The third-order valence-corrected chi connectivity index (χ3v) is 4.74. The van der Waals surface area contributed by atoms with Crippen LogP contribution in [-0.2, 0) is 0 Å². The number of fused-ring (bicyclic) bond motifs is 1. The van der Waals surface area contributed by atoms with E-state index in [0.29, 0.717) is 6.04 Å². The van der Waals surface area contributed by atoms with Crippen LogP contribution >= 0.6 is 0 Å². The molecule has 108 valence electrons. The number of anilines is 2. The van der Waals surface area contributed by atoms with Crippen molar-refractivity contribution in [3.8, 4) is 0 Å². The number of hydrogen-bond donors (Lipinski definition) is 1. The van der Waals surface area contributed by atoms with Crippen LogP contribution in [0.15, 0.2) is 12.4 Å². The van der Waals surface area contributed by atoms with Crippen LogP contribution in [0.1, 0.15) is 32.1 Å². The molecule has 2 saturated heterocycles. The second-order valence-electron chi connectivity index (χ2n) is 6.31. The predicted molar refractivity (Wildman–Crippen MR) is 80.1 cm³/mol. The fourth-order valence-electron chi connectivity index (χ4n) is 3.40. The highest BCUT2D eigenvalue weighted by Gasteiger charge is 2.29. The Kier molecular flexibility index (Phi) is 3.22. The number of nitrogens with one attached hydrogen (secondary N) is 1. The summed E-state index contributed by atoms with van der Waals surface area (Å²) in [7, 11) is 0. The Morgan fingerprint density at radius 2 is 2.00 bits per heavy atom. The molecule has 0 amide bonds. The van der Waals surface area contributed by atoms with Gasteiger partial charge in [0.1, 0.15) is 18.0 Å². The maximum absolute atomic E-state index is 4.48. The van der Waals surface area contributed by atoms with E-state index in [4.69, 9.17) is 0 Å². The van der Waals surface area contributed by atoms with Gasteiger partial charge in [-0.1, -0.05) is 6.42 Å². The van der Waals surface area contributed by atoms with Crippen LogP contribution in [-0.4, -0.2) is 53.1 Å². The summed E-state index contributed by atoms with van der Waals surface area (Å²) in [5.41, 5.74) is 0. The minimum absolute atomic E-state index is 0.646. The van der Waals surface area contributed by atoms with Crippen LogP contribution < -0.4 is 10.2 Å². The lowest BCUT2D eigenvalue weighted by atomic mass is 9.99. The average molecular weight is 273 g/mol. The summed E-state index contributed by atoms with van der Waals surface area (Å²) in [6.07, 6.45) is 8.36. The molecule has 2 aliphatic heterocycles. The summed E-state index contributed by atoms with van der Waals surface area (Å²) in [5.74, 6) is 2.08. The van der Waals surface area contributed by atoms with Crippen molar-refractivity contribution < 1.29 is 0 Å². The van der Waals surface area contributed by atoms with Gasteiger partial charge in [-0.25, -0.2) is 9.97 Å². The van der Waals surface area contributed by atoms with Gasteiger partial charge < -0.3 is 10.2 Å². The first-order chi connectivity index (χ1) is 9.88. The molecule has 0 radical (unpaired) electrons. The molecule has 1 saturated carbocycles. The maximum Gasteiger partial charge on any atom is 0.134 e. The van der Waals surface area contributed by atoms with Gasteiger partial charge in [0, 0.05) is 37.8 Å². The molecule has 5 heteroatoms. The topological polar surface area (TPSA) is 44.3 Å². The lowest BCUT2D eigenvalue weighted by molar-refractivity contribution is 0.133. The monoisotopic (exact) mass is 273 g/mol. The van der Waals surface area contributed by atoms with E-state index in [0.717, 1.165) is 30.8 Å². The number of piperidine rings is 1. The molecule has 3 fully saturated rings. The van der Waals surface area contributed by atoms with Crippen LogP contribution in [0.5, 0.6) is 0 Å². The Hall–Kier alpha value is -1.36. The Balaban J connectivity index is 1.46. The van der Waals surface area contributed by atoms with Gasteiger partial charge in [0.25, 0.3) is 0 Å². The smallest absolute Gasteiger partial charge is 0.134 e. The Morgan fingerprint density at radius 1 is 1.05 bits per heavy atom. The van der Waals surface area contributed by atoms with Crippen molar-refractivity contribution in [1.29, 1.82) is 0 Å². The number of piperazine rings is 1. The third kappa shape index (κ3) is 2.59. The van der Waals surface area contributed by atoms with Crippen molar-refractivity contribution >= 4 is 11.6 Å². The number of aromatic nitrogens is 2. The van der Waals surface area contributed by atoms with Gasteiger partial charge in [-0.05, 0) is 32.2 Å². The van der Waals surface area contributed by atoms with Crippen LogP contribution in [0, 0.1) is 0 Å². The van der Waals surface area contributed by atoms with Crippen molar-refractivity contribution in [2.45, 2.75) is 44.2 Å². The van der Waals surface area contributed by atoms with Crippen molar-refractivity contribution in [3.05, 3.63) is 12.4 Å². The van der Waals surface area contributed by atoms with Crippen LogP contribution in [0.3, 0.4) is 0 Å². The molecule has 3 heterocycles. The minimum atomic E-state index is 0.646. The van der Waals surface area contributed by atoms with Crippen molar-refractivity contribution in [2.24, 2.45) is 0 Å². The lowest BCUT2D eigenvalue weighted by Gasteiger charge is -2.44. The van der Waals surface area contributed by atoms with Crippen LogP contribution in [0.2, 0.25) is 0 Å². The molecule has 1 aliphatic carbocycles. The van der Waals surface area contributed by atoms with Crippen LogP contribution in [0.25, 0.3) is 0 Å². The van der Waals surface area contributed by atoms with Crippen molar-refractivity contribution in [3.63, 3.8) is 0 Å². The van der Waals surface area contributed by atoms with E-state index < -0.39 is 0 Å². The SMILES string of the molecule is c1nc(NC2CC2)cc(N2CCN3CCCCC3C2)n1. The summed E-state index contributed by atoms with van der Waals surface area (Å²) in [6.45, 7) is 4.69. The van der Waals surface area contributed by atoms with E-state index in [1.165, 1.54) is 45.2 Å². The van der Waals surface area contributed by atoms with Gasteiger partial charge in [-0.15, -0.1) is 0 Å². The standard InChI is InChI=1S/C15H23N5/c1-2-6-19-7-8-20(10-13(19)3-1)15-9-14(16-11-17-15)18-12-4-5-12/h9,11-13H,1-8,10H2,(H,16,17,18). The first-order valence-corrected chi connectivity index (χ1v) is 7.96. The molecule has 1 aromatic heterocycles. The van der Waals surface area contributed by atoms with E-state index in [-0.39, 0.29) is 0 Å². The molecule has 4 rings (SSSR count). The van der Waals surface area contributed by atoms with E-state index >= 15 is 0 Å². The normalized spacial score (nSPS) is 27.2. The molecule has 1 N–H and O–H groups in total. The molecule has 1 unspecified atom stereocenters. The van der Waals surface area contributed by atoms with Gasteiger partial charge in [0.2, 0.25) is 0 Å². The molecule has 1 atom stereocenters. The Labute approximate surface area is 120 Å². The summed E-state index contributed by atoms with van der Waals surface area (Å²) in [6, 6.07) is 3.50. The summed E-state index contributed by atoms with van der Waals surface area (Å²) < 4.78 is 0. The third-order valence-electron chi connectivity index (χ3n) is 4.74. The second-order valence-corrected chi connectivity index (χ2v) is 6.31. The molecule has 20 heavy (non-hydrogen) atoms. The highest BCUT2D eigenvalue weighted by Crippen LogP contribution is 2.27. The molecular formula is C15H23N5. The summed E-state index contributed by atoms with van der Waals surface area (Å²) in [5, 5.41) is 3.46. The van der Waals surface area contributed by atoms with Crippen molar-refractivity contribution in [1.82, 2.24) is 14.9 Å². The van der Waals surface area contributed by atoms with E-state index in [1.54, 1.807) is 6.33 Å². The maximum atomic E-state index is 4.48. The van der Waals surface area contributed by atoms with E-state index in [2.05, 4.69) is 31.2 Å². The van der Waals surface area contributed by atoms with E-state index in [9.17, 15) is 0 Å². The zero-order valence-electron chi connectivity index (χ0n) is 12.0. The fraction of sp³-hybridized carbons (Fsp3) is 0.733. The Morgan fingerprint density at radius 3 is 2.90 bits per heavy atom. The average Bonchev–Trinajstić information content (AvgIpc) is 3.31. The lowest BCUT2D eigenvalue weighted by Crippen LogP contribution is -2.55. The van der Waals surface area contributed by atoms with Gasteiger partial charge in [0.15, 0.2) is 0 Å². The molecule has 0 spiro atoms.